The lowest BCUT2D eigenvalue weighted by Crippen LogP contribution is -2.36. The van der Waals surface area contributed by atoms with E-state index in [9.17, 15) is 0 Å². The zero-order valence-electron chi connectivity index (χ0n) is 14.8. The number of ether oxygens (including phenoxy) is 3. The van der Waals surface area contributed by atoms with Crippen LogP contribution in [0.1, 0.15) is 32.3 Å². The van der Waals surface area contributed by atoms with Crippen molar-refractivity contribution >= 4 is 0 Å². The number of morpholine rings is 1. The van der Waals surface area contributed by atoms with Gasteiger partial charge in [-0.25, -0.2) is 0 Å². The zero-order valence-corrected chi connectivity index (χ0v) is 14.8. The molecule has 0 amide bonds. The van der Waals surface area contributed by atoms with Crippen LogP contribution in [-0.2, 0) is 11.2 Å². The Hall–Kier alpha value is -1.26. The number of benzene rings is 1. The lowest BCUT2D eigenvalue weighted by molar-refractivity contribution is 0.0374. The van der Waals surface area contributed by atoms with Crippen LogP contribution in [0.4, 0.5) is 0 Å². The van der Waals surface area contributed by atoms with Gasteiger partial charge in [0.1, 0.15) is 0 Å². The summed E-state index contributed by atoms with van der Waals surface area (Å²) in [6, 6.07) is 6.32. The summed E-state index contributed by atoms with van der Waals surface area (Å²) in [5.41, 5.74) is 1.31. The normalized spacial score (nSPS) is 15.8. The fraction of sp³-hybridized carbons (Fsp3) is 0.684. The van der Waals surface area contributed by atoms with Gasteiger partial charge in [0.05, 0.1) is 26.9 Å². The molecule has 1 aliphatic rings. The van der Waals surface area contributed by atoms with Gasteiger partial charge in [-0.2, -0.15) is 0 Å². The molecule has 2 rings (SSSR count). The molecule has 0 atom stereocenters. The van der Waals surface area contributed by atoms with E-state index in [0.717, 1.165) is 70.2 Å². The van der Waals surface area contributed by atoms with Gasteiger partial charge in [-0.1, -0.05) is 19.9 Å². The summed E-state index contributed by atoms with van der Waals surface area (Å²) in [5, 5.41) is 0. The molecule has 4 heteroatoms. The molecule has 0 N–H and O–H groups in total. The molecule has 0 bridgehead atoms. The highest BCUT2D eigenvalue weighted by atomic mass is 16.5. The van der Waals surface area contributed by atoms with Gasteiger partial charge in [0.2, 0.25) is 0 Å². The minimum absolute atomic E-state index is 0.653. The van der Waals surface area contributed by atoms with E-state index in [4.69, 9.17) is 14.2 Å². The molecule has 0 aromatic heterocycles. The Kier molecular flexibility index (Phi) is 7.69. The van der Waals surface area contributed by atoms with Gasteiger partial charge in [-0.3, -0.25) is 4.90 Å². The Morgan fingerprint density at radius 2 is 1.96 bits per heavy atom. The van der Waals surface area contributed by atoms with E-state index in [1.54, 1.807) is 7.11 Å². The second-order valence-corrected chi connectivity index (χ2v) is 6.57. The van der Waals surface area contributed by atoms with Gasteiger partial charge >= 0.3 is 0 Å². The van der Waals surface area contributed by atoms with Crippen LogP contribution in [-0.4, -0.2) is 51.5 Å². The molecule has 1 fully saturated rings. The van der Waals surface area contributed by atoms with Crippen LogP contribution in [0.3, 0.4) is 0 Å². The molecule has 0 aliphatic carbocycles. The quantitative estimate of drug-likeness (QED) is 0.698. The van der Waals surface area contributed by atoms with Gasteiger partial charge in [-0.15, -0.1) is 0 Å². The van der Waals surface area contributed by atoms with Gasteiger partial charge < -0.3 is 14.2 Å². The smallest absolute Gasteiger partial charge is 0.161 e. The van der Waals surface area contributed by atoms with Gasteiger partial charge in [0, 0.05) is 13.1 Å². The van der Waals surface area contributed by atoms with Crippen molar-refractivity contribution in [1.29, 1.82) is 0 Å². The van der Waals surface area contributed by atoms with E-state index in [1.807, 2.05) is 6.07 Å². The second-order valence-electron chi connectivity index (χ2n) is 6.57. The van der Waals surface area contributed by atoms with Gasteiger partial charge in [0.15, 0.2) is 11.5 Å². The summed E-state index contributed by atoms with van der Waals surface area (Å²) in [4.78, 5) is 2.48. The molecule has 1 aliphatic heterocycles. The highest BCUT2D eigenvalue weighted by Crippen LogP contribution is 2.29. The van der Waals surface area contributed by atoms with Crippen LogP contribution in [0.15, 0.2) is 18.2 Å². The molecule has 1 aromatic rings. The molecular weight excluding hydrogens is 290 g/mol. The molecule has 1 saturated heterocycles. The number of hydrogen-bond acceptors (Lipinski definition) is 4. The third-order valence-electron chi connectivity index (χ3n) is 4.22. The van der Waals surface area contributed by atoms with E-state index >= 15 is 0 Å². The first-order chi connectivity index (χ1) is 11.2. The summed E-state index contributed by atoms with van der Waals surface area (Å²) < 4.78 is 16.7. The Labute approximate surface area is 140 Å². The summed E-state index contributed by atoms with van der Waals surface area (Å²) in [7, 11) is 1.71. The predicted molar refractivity (Wildman–Crippen MR) is 93.5 cm³/mol. The molecule has 23 heavy (non-hydrogen) atoms. The van der Waals surface area contributed by atoms with Crippen LogP contribution in [0, 0.1) is 5.92 Å². The topological polar surface area (TPSA) is 30.9 Å². The minimum atomic E-state index is 0.653. The van der Waals surface area contributed by atoms with Crippen molar-refractivity contribution in [3.63, 3.8) is 0 Å². The van der Waals surface area contributed by atoms with E-state index in [-0.39, 0.29) is 0 Å². The molecule has 0 saturated carbocycles. The average molecular weight is 321 g/mol. The van der Waals surface area contributed by atoms with Crippen molar-refractivity contribution in [2.45, 2.75) is 33.1 Å². The molecule has 4 nitrogen and oxygen atoms in total. The molecule has 0 radical (unpaired) electrons. The standard InChI is InChI=1S/C19H31NO3/c1-16(2)8-12-23-18-7-6-17(15-19(18)21-3)5-4-9-20-10-13-22-14-11-20/h6-7,15-16H,4-5,8-14H2,1-3H3. The maximum Gasteiger partial charge on any atom is 0.161 e. The van der Waals surface area contributed by atoms with E-state index in [0.29, 0.717) is 5.92 Å². The van der Waals surface area contributed by atoms with E-state index < -0.39 is 0 Å². The maximum absolute atomic E-state index is 5.85. The zero-order chi connectivity index (χ0) is 16.5. The number of rotatable bonds is 9. The van der Waals surface area contributed by atoms with E-state index in [1.165, 1.54) is 5.56 Å². The monoisotopic (exact) mass is 321 g/mol. The van der Waals surface area contributed by atoms with Crippen molar-refractivity contribution in [2.75, 3.05) is 46.6 Å². The lowest BCUT2D eigenvalue weighted by Gasteiger charge is -2.26. The van der Waals surface area contributed by atoms with Crippen molar-refractivity contribution in [3.8, 4) is 11.5 Å². The molecule has 0 spiro atoms. The average Bonchev–Trinajstić information content (AvgIpc) is 2.56. The highest BCUT2D eigenvalue weighted by Gasteiger charge is 2.10. The molecular formula is C19H31NO3. The first-order valence-corrected chi connectivity index (χ1v) is 8.79. The number of nitrogens with zero attached hydrogens (tertiary/aromatic N) is 1. The molecule has 0 unspecified atom stereocenters. The Morgan fingerprint density at radius 3 is 2.65 bits per heavy atom. The summed E-state index contributed by atoms with van der Waals surface area (Å²) in [6.07, 6.45) is 3.29. The van der Waals surface area contributed by atoms with Gasteiger partial charge in [0.25, 0.3) is 0 Å². The largest absolute Gasteiger partial charge is 0.493 e. The Balaban J connectivity index is 1.80. The van der Waals surface area contributed by atoms with Gasteiger partial charge in [-0.05, 0) is 49.4 Å². The van der Waals surface area contributed by atoms with Crippen molar-refractivity contribution in [1.82, 2.24) is 4.90 Å². The lowest BCUT2D eigenvalue weighted by atomic mass is 10.1. The maximum atomic E-state index is 5.85. The van der Waals surface area contributed by atoms with Crippen LogP contribution in [0.2, 0.25) is 0 Å². The van der Waals surface area contributed by atoms with E-state index in [2.05, 4.69) is 30.9 Å². The Bertz CT molecular complexity index is 456. The fourth-order valence-electron chi connectivity index (χ4n) is 2.72. The fourth-order valence-corrected chi connectivity index (χ4v) is 2.72. The highest BCUT2D eigenvalue weighted by molar-refractivity contribution is 5.43. The van der Waals surface area contributed by atoms with Crippen molar-refractivity contribution in [2.24, 2.45) is 5.92 Å². The third kappa shape index (κ3) is 6.40. The molecule has 1 aromatic carbocycles. The van der Waals surface area contributed by atoms with Crippen LogP contribution < -0.4 is 9.47 Å². The SMILES string of the molecule is COc1cc(CCCN2CCOCC2)ccc1OCCC(C)C. The van der Waals surface area contributed by atoms with Crippen LogP contribution in [0.5, 0.6) is 11.5 Å². The first-order valence-electron chi connectivity index (χ1n) is 8.79. The number of methoxy groups -OCH3 is 1. The first kappa shape index (κ1) is 18.1. The molecule has 1 heterocycles. The summed E-state index contributed by atoms with van der Waals surface area (Å²) in [5.74, 6) is 2.35. The van der Waals surface area contributed by atoms with Crippen molar-refractivity contribution in [3.05, 3.63) is 23.8 Å². The Morgan fingerprint density at radius 1 is 1.17 bits per heavy atom. The summed E-state index contributed by atoms with van der Waals surface area (Å²) in [6.45, 7) is 10.2. The third-order valence-corrected chi connectivity index (χ3v) is 4.22. The van der Waals surface area contributed by atoms with Crippen LogP contribution in [0.25, 0.3) is 0 Å². The minimum Gasteiger partial charge on any atom is -0.493 e. The number of hydrogen-bond donors (Lipinski definition) is 0. The predicted octanol–water partition coefficient (Wildman–Crippen LogP) is 3.38. The van der Waals surface area contributed by atoms with Crippen molar-refractivity contribution < 1.29 is 14.2 Å². The second kappa shape index (κ2) is 9.78. The molecule has 130 valence electrons. The number of aryl methyl sites for hydroxylation is 1. The van der Waals surface area contributed by atoms with Crippen LogP contribution >= 0.6 is 0 Å². The summed E-state index contributed by atoms with van der Waals surface area (Å²) >= 11 is 0.